The molecule has 0 atom stereocenters. The quantitative estimate of drug-likeness (QED) is 0.571. The predicted octanol–water partition coefficient (Wildman–Crippen LogP) is 3.18. The number of rotatable bonds is 5. The normalized spacial score (nSPS) is 9.85. The Kier molecular flexibility index (Phi) is 14.8. The number of hydrogen-bond acceptors (Lipinski definition) is 4. The van der Waals surface area contributed by atoms with Crippen molar-refractivity contribution < 1.29 is 32.2 Å². The maximum atomic E-state index is 13.4. The highest BCUT2D eigenvalue weighted by atomic mass is 19.4. The summed E-state index contributed by atoms with van der Waals surface area (Å²) in [5.74, 6) is 2.83. The van der Waals surface area contributed by atoms with E-state index < -0.39 is 12.1 Å². The van der Waals surface area contributed by atoms with Crippen LogP contribution < -0.4 is 9.84 Å². The number of carbonyl (C=O) groups is 1. The third-order valence-electron chi connectivity index (χ3n) is 2.94. The third kappa shape index (κ3) is 13.6. The molecule has 0 aliphatic heterocycles. The largest absolute Gasteiger partial charge is 0.542 e. The second kappa shape index (κ2) is 14.9. The van der Waals surface area contributed by atoms with Gasteiger partial charge in [0.15, 0.2) is 11.6 Å². The van der Waals surface area contributed by atoms with Crippen molar-refractivity contribution in [2.24, 2.45) is 0 Å². The van der Waals surface area contributed by atoms with Gasteiger partial charge >= 0.3 is 6.18 Å². The average molecular weight is 392 g/mol. The summed E-state index contributed by atoms with van der Waals surface area (Å²) in [4.78, 5) is 11.0. The maximum Gasteiger partial charge on any atom is 0.430 e. The van der Waals surface area contributed by atoms with Gasteiger partial charge in [-0.3, -0.25) is 4.90 Å². The summed E-state index contributed by atoms with van der Waals surface area (Å²) in [6, 6.07) is 4.91. The first-order valence-electron chi connectivity index (χ1n) is 8.47. The number of halogens is 4. The van der Waals surface area contributed by atoms with Gasteiger partial charge < -0.3 is 14.6 Å². The monoisotopic (exact) mass is 392 g/mol. The summed E-state index contributed by atoms with van der Waals surface area (Å²) in [5.41, 5.74) is 0.882. The molecule has 0 radical (unpaired) electrons. The molecule has 0 aliphatic rings. The molecule has 0 fully saturated rings. The summed E-state index contributed by atoms with van der Waals surface area (Å²) in [5, 5.41) is 8.78. The van der Waals surface area contributed by atoms with Gasteiger partial charge in [-0.15, -0.1) is 0 Å². The lowest BCUT2D eigenvalue weighted by Gasteiger charge is -2.13. The molecule has 1 aromatic rings. The predicted molar refractivity (Wildman–Crippen MR) is 94.6 cm³/mol. The third-order valence-corrected chi connectivity index (χ3v) is 2.94. The second-order valence-corrected chi connectivity index (χ2v) is 4.82. The molecule has 0 N–H and O–H groups in total. The molecule has 0 spiro atoms. The van der Waals surface area contributed by atoms with Gasteiger partial charge in [-0.1, -0.05) is 45.6 Å². The molecule has 0 saturated heterocycles. The topological polar surface area (TPSA) is 52.6 Å². The van der Waals surface area contributed by atoms with Crippen molar-refractivity contribution in [3.63, 3.8) is 0 Å². The Labute approximate surface area is 158 Å². The highest BCUT2D eigenvalue weighted by Crippen LogP contribution is 2.17. The number of hydrogen-bond donors (Lipinski definition) is 0. The number of aryl methyl sites for hydroxylation is 1. The van der Waals surface area contributed by atoms with Crippen LogP contribution in [0.1, 0.15) is 33.3 Å². The summed E-state index contributed by atoms with van der Waals surface area (Å²) in [6.07, 6.45) is -5.19. The molecular formula is C19H26F4NO3-. The zero-order valence-corrected chi connectivity index (χ0v) is 16.2. The molecule has 0 unspecified atom stereocenters. The van der Waals surface area contributed by atoms with Crippen LogP contribution in [0, 0.1) is 24.6 Å². The van der Waals surface area contributed by atoms with Crippen molar-refractivity contribution in [3.05, 3.63) is 29.6 Å². The van der Waals surface area contributed by atoms with Crippen LogP contribution in [0.4, 0.5) is 17.6 Å². The molecule has 0 heterocycles. The van der Waals surface area contributed by atoms with E-state index >= 15 is 0 Å². The van der Waals surface area contributed by atoms with Gasteiger partial charge in [0.1, 0.15) is 12.6 Å². The van der Waals surface area contributed by atoms with Crippen molar-refractivity contribution in [3.8, 4) is 17.6 Å². The van der Waals surface area contributed by atoms with Crippen LogP contribution in [0.25, 0.3) is 0 Å². The fourth-order valence-corrected chi connectivity index (χ4v) is 1.50. The van der Waals surface area contributed by atoms with Gasteiger partial charge in [0.05, 0.1) is 6.54 Å². The number of nitrogens with zero attached hydrogens (tertiary/aromatic N) is 1. The van der Waals surface area contributed by atoms with E-state index in [2.05, 4.69) is 30.6 Å². The molecule has 8 heteroatoms. The molecular weight excluding hydrogens is 366 g/mol. The van der Waals surface area contributed by atoms with Crippen LogP contribution >= 0.6 is 0 Å². The van der Waals surface area contributed by atoms with E-state index in [0.717, 1.165) is 25.2 Å². The first kappa shape index (κ1) is 27.0. The van der Waals surface area contributed by atoms with Crippen LogP contribution in [0.15, 0.2) is 18.2 Å². The van der Waals surface area contributed by atoms with Crippen molar-refractivity contribution in [2.45, 2.75) is 40.8 Å². The minimum atomic E-state index is -5.19. The summed E-state index contributed by atoms with van der Waals surface area (Å²) >= 11 is 0. The lowest BCUT2D eigenvalue weighted by atomic mass is 10.2. The van der Waals surface area contributed by atoms with Gasteiger partial charge in [-0.05, 0) is 37.7 Å². The van der Waals surface area contributed by atoms with E-state index in [9.17, 15) is 17.6 Å². The van der Waals surface area contributed by atoms with E-state index in [1.54, 1.807) is 6.07 Å². The van der Waals surface area contributed by atoms with Crippen LogP contribution in [-0.2, 0) is 4.79 Å². The number of carboxylic acids is 1. The first-order chi connectivity index (χ1) is 12.6. The standard InChI is InChI=1S/C15H20FNO.C2HF3O2.C2H6/c1-4-17(5-2)10-6-7-11-18-15-9-8-13(3)12-14(15)16;3-2(4,5)1(6)7;1-2/h8-9,12H,4-5,10-11H2,1-3H3;(H,6,7);1-2H3/p-1. The first-order valence-corrected chi connectivity index (χ1v) is 8.47. The van der Waals surface area contributed by atoms with E-state index in [4.69, 9.17) is 14.6 Å². The Balaban J connectivity index is 0. The van der Waals surface area contributed by atoms with Crippen LogP contribution in [0.2, 0.25) is 0 Å². The molecule has 0 bridgehead atoms. The second-order valence-electron chi connectivity index (χ2n) is 4.82. The lowest BCUT2D eigenvalue weighted by Crippen LogP contribution is -2.37. The van der Waals surface area contributed by atoms with Crippen molar-refractivity contribution in [1.29, 1.82) is 0 Å². The Morgan fingerprint density at radius 3 is 2.11 bits per heavy atom. The highest BCUT2D eigenvalue weighted by molar-refractivity contribution is 5.70. The molecule has 4 nitrogen and oxygen atoms in total. The fraction of sp³-hybridized carbons (Fsp3) is 0.526. The summed E-state index contributed by atoms with van der Waals surface area (Å²) in [7, 11) is 0. The highest BCUT2D eigenvalue weighted by Gasteiger charge is 2.28. The van der Waals surface area contributed by atoms with E-state index in [-0.39, 0.29) is 18.2 Å². The minimum absolute atomic E-state index is 0.223. The van der Waals surface area contributed by atoms with Crippen LogP contribution in [-0.4, -0.2) is 43.3 Å². The van der Waals surface area contributed by atoms with Gasteiger partial charge in [0.2, 0.25) is 0 Å². The van der Waals surface area contributed by atoms with Crippen LogP contribution in [0.3, 0.4) is 0 Å². The van der Waals surface area contributed by atoms with E-state index in [1.807, 2.05) is 26.8 Å². The smallest absolute Gasteiger partial charge is 0.430 e. The molecule has 27 heavy (non-hydrogen) atoms. The average Bonchev–Trinajstić information content (AvgIpc) is 2.61. The fourth-order valence-electron chi connectivity index (χ4n) is 1.50. The zero-order valence-electron chi connectivity index (χ0n) is 16.2. The van der Waals surface area contributed by atoms with Crippen molar-refractivity contribution in [2.75, 3.05) is 26.2 Å². The molecule has 1 rings (SSSR count). The molecule has 154 valence electrons. The minimum Gasteiger partial charge on any atom is -0.542 e. The Morgan fingerprint density at radius 2 is 1.70 bits per heavy atom. The van der Waals surface area contributed by atoms with E-state index in [0.29, 0.717) is 0 Å². The number of benzene rings is 1. The van der Waals surface area contributed by atoms with Crippen LogP contribution in [0.5, 0.6) is 5.75 Å². The van der Waals surface area contributed by atoms with Crippen molar-refractivity contribution in [1.82, 2.24) is 4.90 Å². The summed E-state index contributed by atoms with van der Waals surface area (Å²) in [6.45, 7) is 13.0. The van der Waals surface area contributed by atoms with Gasteiger partial charge in [-0.25, -0.2) is 4.39 Å². The number of carboxylic acid groups (broad SMARTS) is 1. The molecule has 0 aliphatic carbocycles. The number of ether oxygens (including phenoxy) is 1. The Bertz CT molecular complexity index is 603. The number of carbonyl (C=O) groups excluding carboxylic acids is 1. The Morgan fingerprint density at radius 1 is 1.19 bits per heavy atom. The number of alkyl halides is 3. The molecule has 0 saturated carbocycles. The summed E-state index contributed by atoms with van der Waals surface area (Å²) < 4.78 is 50.2. The lowest BCUT2D eigenvalue weighted by molar-refractivity contribution is -0.344. The van der Waals surface area contributed by atoms with Gasteiger partial charge in [0.25, 0.3) is 0 Å². The van der Waals surface area contributed by atoms with E-state index in [1.165, 1.54) is 6.07 Å². The number of aliphatic carboxylic acids is 1. The molecule has 0 aromatic heterocycles. The SMILES string of the molecule is CC.CCN(CC)CC#CCOc1ccc(C)cc1F.O=C([O-])C(F)(F)F. The maximum absolute atomic E-state index is 13.4. The van der Waals surface area contributed by atoms with Gasteiger partial charge in [-0.2, -0.15) is 13.2 Å². The zero-order chi connectivity index (χ0) is 21.5. The Hall–Kier alpha value is -2.27. The van der Waals surface area contributed by atoms with Gasteiger partial charge in [0, 0.05) is 0 Å². The molecule has 0 amide bonds. The molecule has 1 aromatic carbocycles. The van der Waals surface area contributed by atoms with Crippen molar-refractivity contribution >= 4 is 5.97 Å².